The number of H-pyrrole nitrogens is 1. The summed E-state index contributed by atoms with van der Waals surface area (Å²) in [6.07, 6.45) is 1.47. The highest BCUT2D eigenvalue weighted by atomic mass is 127. The van der Waals surface area contributed by atoms with Gasteiger partial charge in [0.15, 0.2) is 0 Å². The van der Waals surface area contributed by atoms with Crippen molar-refractivity contribution in [3.05, 3.63) is 33.1 Å². The van der Waals surface area contributed by atoms with Gasteiger partial charge in [-0.3, -0.25) is 14.3 Å². The zero-order valence-corrected chi connectivity index (χ0v) is 7.16. The van der Waals surface area contributed by atoms with Gasteiger partial charge in [0, 0.05) is 12.3 Å². The lowest BCUT2D eigenvalue weighted by Crippen LogP contribution is -2.27. The van der Waals surface area contributed by atoms with Crippen LogP contribution in [0.1, 0.15) is 0 Å². The monoisotopic (exact) mass is 252 g/mol. The second-order valence-corrected chi connectivity index (χ2v) is 2.38. The summed E-state index contributed by atoms with van der Waals surface area (Å²) in [7, 11) is 0. The summed E-state index contributed by atoms with van der Waals surface area (Å²) in [4.78, 5) is 23.4. The molecule has 0 amide bonds. The first-order chi connectivity index (χ1) is 4.74. The molecule has 0 fully saturated rings. The van der Waals surface area contributed by atoms with Gasteiger partial charge in [-0.25, -0.2) is 4.79 Å². The summed E-state index contributed by atoms with van der Waals surface area (Å²) in [5, 5.41) is 0. The summed E-state index contributed by atoms with van der Waals surface area (Å²) in [6, 6.07) is 1.32. The fraction of sp³-hybridized carbons (Fsp3) is 0.200. The van der Waals surface area contributed by atoms with E-state index in [0.717, 1.165) is 0 Å². The number of hydrogen-bond donors (Lipinski definition) is 1. The van der Waals surface area contributed by atoms with Crippen LogP contribution in [0.4, 0.5) is 0 Å². The molecule has 1 rings (SSSR count). The van der Waals surface area contributed by atoms with Crippen LogP contribution in [-0.4, -0.2) is 9.55 Å². The Labute approximate surface area is 70.0 Å². The van der Waals surface area contributed by atoms with E-state index in [0.29, 0.717) is 4.55 Å². The molecule has 1 N–H and O–H groups in total. The first-order valence-corrected chi connectivity index (χ1v) is 4.12. The third kappa shape index (κ3) is 1.47. The maximum absolute atomic E-state index is 10.8. The van der Waals surface area contributed by atoms with Crippen molar-refractivity contribution in [1.29, 1.82) is 0 Å². The minimum absolute atomic E-state index is 0.355. The van der Waals surface area contributed by atoms with Gasteiger partial charge in [0.2, 0.25) is 0 Å². The molecule has 1 heterocycles. The topological polar surface area (TPSA) is 54.9 Å². The van der Waals surface area contributed by atoms with E-state index in [1.807, 2.05) is 22.6 Å². The first-order valence-electron chi connectivity index (χ1n) is 2.60. The van der Waals surface area contributed by atoms with Crippen molar-refractivity contribution >= 4 is 22.6 Å². The molecule has 0 radical (unpaired) electrons. The summed E-state index contributed by atoms with van der Waals surface area (Å²) >= 11 is 2.03. The van der Waals surface area contributed by atoms with E-state index in [9.17, 15) is 9.59 Å². The Balaban J connectivity index is 3.34. The highest BCUT2D eigenvalue weighted by Gasteiger charge is 1.90. The van der Waals surface area contributed by atoms with Gasteiger partial charge in [-0.05, 0) is 0 Å². The second kappa shape index (κ2) is 3.00. The molecule has 0 unspecified atom stereocenters. The third-order valence-electron chi connectivity index (χ3n) is 1.03. The number of aromatic nitrogens is 2. The molecule has 0 saturated carbocycles. The zero-order chi connectivity index (χ0) is 7.56. The number of rotatable bonds is 1. The van der Waals surface area contributed by atoms with Crippen LogP contribution < -0.4 is 11.2 Å². The van der Waals surface area contributed by atoms with Gasteiger partial charge in [-0.15, -0.1) is 0 Å². The van der Waals surface area contributed by atoms with Crippen molar-refractivity contribution in [2.75, 3.05) is 0 Å². The van der Waals surface area contributed by atoms with E-state index >= 15 is 0 Å². The molecule has 1 aromatic heterocycles. The molecule has 0 aromatic carbocycles. The molecule has 10 heavy (non-hydrogen) atoms. The SMILES string of the molecule is O=c1ccn(CI)c(=O)[nH]1. The molecule has 0 aliphatic rings. The standard InChI is InChI=1S/C5H5IN2O2/c6-3-8-2-1-4(9)7-5(8)10/h1-2H,3H2,(H,7,9,10). The first kappa shape index (κ1) is 7.52. The summed E-state index contributed by atoms with van der Waals surface area (Å²) in [5.41, 5.74) is -0.715. The van der Waals surface area contributed by atoms with Crippen molar-refractivity contribution in [2.45, 2.75) is 4.55 Å². The van der Waals surface area contributed by atoms with E-state index < -0.39 is 0 Å². The molecule has 4 nitrogen and oxygen atoms in total. The fourth-order valence-corrected chi connectivity index (χ4v) is 1.08. The van der Waals surface area contributed by atoms with Gasteiger partial charge in [-0.2, -0.15) is 0 Å². The average Bonchev–Trinajstić information content (AvgIpc) is 1.88. The Morgan fingerprint density at radius 3 is 2.80 bits per heavy atom. The Morgan fingerprint density at radius 1 is 1.60 bits per heavy atom. The second-order valence-electron chi connectivity index (χ2n) is 1.70. The van der Waals surface area contributed by atoms with Crippen molar-refractivity contribution in [2.24, 2.45) is 0 Å². The van der Waals surface area contributed by atoms with Crippen LogP contribution in [0.2, 0.25) is 0 Å². The van der Waals surface area contributed by atoms with Crippen molar-refractivity contribution in [3.8, 4) is 0 Å². The number of aromatic amines is 1. The summed E-state index contributed by atoms with van der Waals surface area (Å²) in [5.74, 6) is 0. The van der Waals surface area contributed by atoms with E-state index in [4.69, 9.17) is 0 Å². The molecule has 0 bridgehead atoms. The third-order valence-corrected chi connectivity index (χ3v) is 1.76. The number of hydrogen-bond acceptors (Lipinski definition) is 2. The molecule has 5 heteroatoms. The fourth-order valence-electron chi connectivity index (χ4n) is 0.538. The van der Waals surface area contributed by atoms with E-state index in [2.05, 4.69) is 4.98 Å². The lowest BCUT2D eigenvalue weighted by molar-refractivity contribution is 0.799. The Hall–Kier alpha value is -0.590. The quantitative estimate of drug-likeness (QED) is 0.561. The van der Waals surface area contributed by atoms with Crippen LogP contribution in [0.25, 0.3) is 0 Å². The molecular formula is C5H5IN2O2. The smallest absolute Gasteiger partial charge is 0.291 e. The lowest BCUT2D eigenvalue weighted by Gasteiger charge is -1.94. The lowest BCUT2D eigenvalue weighted by atomic mass is 10.6. The molecule has 0 atom stereocenters. The molecule has 1 aromatic rings. The van der Waals surface area contributed by atoms with E-state index in [-0.39, 0.29) is 11.2 Å². The Morgan fingerprint density at radius 2 is 2.30 bits per heavy atom. The summed E-state index contributed by atoms with van der Waals surface area (Å²) in [6.45, 7) is 0. The molecule has 0 aliphatic carbocycles. The molecule has 0 spiro atoms. The van der Waals surface area contributed by atoms with Gasteiger partial charge in [0.05, 0.1) is 4.55 Å². The molecular weight excluding hydrogens is 247 g/mol. The van der Waals surface area contributed by atoms with Crippen LogP contribution in [0.15, 0.2) is 21.9 Å². The molecule has 0 saturated heterocycles. The van der Waals surface area contributed by atoms with Gasteiger partial charge < -0.3 is 0 Å². The predicted molar refractivity (Wildman–Crippen MR) is 45.3 cm³/mol. The van der Waals surface area contributed by atoms with Crippen LogP contribution in [-0.2, 0) is 4.55 Å². The number of nitrogens with zero attached hydrogens (tertiary/aromatic N) is 1. The highest BCUT2D eigenvalue weighted by Crippen LogP contribution is 1.84. The summed E-state index contributed by atoms with van der Waals surface area (Å²) < 4.78 is 1.95. The van der Waals surface area contributed by atoms with Crippen molar-refractivity contribution in [1.82, 2.24) is 9.55 Å². The number of alkyl halides is 1. The number of halogens is 1. The van der Waals surface area contributed by atoms with Crippen molar-refractivity contribution in [3.63, 3.8) is 0 Å². The number of nitrogens with one attached hydrogen (secondary N) is 1. The van der Waals surface area contributed by atoms with Gasteiger partial charge in [-0.1, -0.05) is 22.6 Å². The maximum Gasteiger partial charge on any atom is 0.329 e. The normalized spacial score (nSPS) is 9.70. The maximum atomic E-state index is 10.8. The molecule has 0 aliphatic heterocycles. The van der Waals surface area contributed by atoms with E-state index in [1.165, 1.54) is 16.8 Å². The van der Waals surface area contributed by atoms with Crippen LogP contribution in [0.3, 0.4) is 0 Å². The minimum Gasteiger partial charge on any atom is -0.291 e. The minimum atomic E-state index is -0.359. The van der Waals surface area contributed by atoms with Gasteiger partial charge in [0.25, 0.3) is 5.56 Å². The highest BCUT2D eigenvalue weighted by molar-refractivity contribution is 14.1. The Kier molecular flexibility index (Phi) is 2.25. The zero-order valence-electron chi connectivity index (χ0n) is 5.00. The average molecular weight is 252 g/mol. The predicted octanol–water partition coefficient (Wildman–Crippen LogP) is -0.0709. The van der Waals surface area contributed by atoms with E-state index in [1.54, 1.807) is 0 Å². The van der Waals surface area contributed by atoms with Gasteiger partial charge in [0.1, 0.15) is 0 Å². The largest absolute Gasteiger partial charge is 0.329 e. The van der Waals surface area contributed by atoms with Gasteiger partial charge >= 0.3 is 5.69 Å². The van der Waals surface area contributed by atoms with Crippen LogP contribution in [0.5, 0.6) is 0 Å². The van der Waals surface area contributed by atoms with Crippen molar-refractivity contribution < 1.29 is 0 Å². The molecule has 54 valence electrons. The van der Waals surface area contributed by atoms with Crippen LogP contribution >= 0.6 is 22.6 Å². The Bertz CT molecular complexity index is 327. The van der Waals surface area contributed by atoms with Crippen LogP contribution in [0, 0.1) is 0 Å².